The van der Waals surface area contributed by atoms with Gasteiger partial charge in [-0.05, 0) is 62.2 Å². The zero-order valence-corrected chi connectivity index (χ0v) is 15.0. The summed E-state index contributed by atoms with van der Waals surface area (Å²) >= 11 is 12.3. The molecule has 5 heteroatoms. The Balaban J connectivity index is 1.93. The third-order valence-corrected chi connectivity index (χ3v) is 4.74. The number of likely N-dealkylation sites (N-methyl/N-ethyl adjacent to an activating group) is 1. The Morgan fingerprint density at radius 1 is 1.26 bits per heavy atom. The topological polar surface area (TPSA) is 21.1 Å². The fourth-order valence-electron chi connectivity index (χ4n) is 2.99. The summed E-state index contributed by atoms with van der Waals surface area (Å²) in [7, 11) is 4.18. The van der Waals surface area contributed by atoms with E-state index in [1.165, 1.54) is 23.3 Å². The molecule has 0 spiro atoms. The van der Waals surface area contributed by atoms with E-state index in [0.29, 0.717) is 16.6 Å². The second-order valence-electron chi connectivity index (χ2n) is 6.26. The molecule has 1 heterocycles. The monoisotopic (exact) mass is 349 g/mol. The third kappa shape index (κ3) is 3.79. The van der Waals surface area contributed by atoms with Gasteiger partial charge in [0, 0.05) is 16.6 Å². The van der Waals surface area contributed by atoms with Crippen molar-refractivity contribution in [3.63, 3.8) is 0 Å². The van der Waals surface area contributed by atoms with Gasteiger partial charge in [0.25, 0.3) is 0 Å². The van der Waals surface area contributed by atoms with Gasteiger partial charge in [-0.15, -0.1) is 0 Å². The van der Waals surface area contributed by atoms with Crippen LogP contribution in [-0.4, -0.2) is 35.3 Å². The van der Waals surface area contributed by atoms with Crippen LogP contribution >= 0.6 is 23.2 Å². The number of benzene rings is 1. The quantitative estimate of drug-likeness (QED) is 0.808. The molecule has 3 rings (SSSR count). The zero-order chi connectivity index (χ0) is 16.4. The van der Waals surface area contributed by atoms with Gasteiger partial charge < -0.3 is 4.90 Å². The van der Waals surface area contributed by atoms with E-state index in [0.717, 1.165) is 24.9 Å². The molecule has 0 atom stereocenters. The van der Waals surface area contributed by atoms with E-state index in [1.807, 2.05) is 18.3 Å². The number of hydrogen-bond acceptors (Lipinski definition) is 2. The molecule has 0 aliphatic heterocycles. The van der Waals surface area contributed by atoms with Crippen LogP contribution in [0.1, 0.15) is 29.7 Å². The fourth-order valence-corrected chi connectivity index (χ4v) is 3.46. The van der Waals surface area contributed by atoms with Crippen LogP contribution in [0.4, 0.5) is 0 Å². The normalized spacial score (nSPS) is 16.1. The molecule has 0 saturated carbocycles. The van der Waals surface area contributed by atoms with Crippen LogP contribution < -0.4 is 0 Å². The van der Waals surface area contributed by atoms with Crippen molar-refractivity contribution in [2.45, 2.75) is 25.8 Å². The van der Waals surface area contributed by atoms with E-state index in [9.17, 15) is 0 Å². The minimum Gasteiger partial charge on any atom is -0.306 e. The second kappa shape index (κ2) is 7.08. The molecule has 1 aromatic carbocycles. The highest BCUT2D eigenvalue weighted by Crippen LogP contribution is 2.31. The minimum absolute atomic E-state index is 0.660. The lowest BCUT2D eigenvalue weighted by molar-refractivity contribution is 0.456. The van der Waals surface area contributed by atoms with Crippen molar-refractivity contribution in [2.24, 2.45) is 0 Å². The van der Waals surface area contributed by atoms with Crippen molar-refractivity contribution in [1.29, 1.82) is 0 Å². The van der Waals surface area contributed by atoms with E-state index in [-0.39, 0.29) is 0 Å². The molecule has 122 valence electrons. The number of rotatable bonds is 4. The van der Waals surface area contributed by atoms with Crippen molar-refractivity contribution in [3.05, 3.63) is 57.3 Å². The zero-order valence-electron chi connectivity index (χ0n) is 13.5. The van der Waals surface area contributed by atoms with Crippen LogP contribution in [0, 0.1) is 0 Å². The maximum Gasteiger partial charge on any atom is 0.0681 e. The van der Waals surface area contributed by atoms with E-state index in [4.69, 9.17) is 23.2 Å². The molecular formula is C18H21Cl2N3. The second-order valence-corrected chi connectivity index (χ2v) is 7.10. The first-order valence-electron chi connectivity index (χ1n) is 7.87. The summed E-state index contributed by atoms with van der Waals surface area (Å²) in [5.41, 5.74) is 5.04. The highest BCUT2D eigenvalue weighted by Gasteiger charge is 2.20. The molecule has 1 aliphatic rings. The molecule has 0 amide bonds. The average molecular weight is 350 g/mol. The largest absolute Gasteiger partial charge is 0.306 e. The molecule has 0 bridgehead atoms. The molecule has 3 nitrogen and oxygen atoms in total. The third-order valence-electron chi connectivity index (χ3n) is 4.15. The fraction of sp³-hybridized carbons (Fsp3) is 0.389. The number of aryl methyl sites for hydroxylation is 1. The summed E-state index contributed by atoms with van der Waals surface area (Å²) in [6.07, 6.45) is 7.73. The number of nitrogens with zero attached hydrogens (tertiary/aromatic N) is 3. The lowest BCUT2D eigenvalue weighted by atomic mass is 9.92. The summed E-state index contributed by atoms with van der Waals surface area (Å²) in [6, 6.07) is 5.64. The Labute approximate surface area is 147 Å². The molecule has 23 heavy (non-hydrogen) atoms. The number of fused-ring (bicyclic) bond motifs is 1. The van der Waals surface area contributed by atoms with Crippen molar-refractivity contribution in [2.75, 3.05) is 20.6 Å². The number of hydrogen-bond donors (Lipinski definition) is 0. The van der Waals surface area contributed by atoms with Gasteiger partial charge in [-0.2, -0.15) is 5.10 Å². The lowest BCUT2D eigenvalue weighted by Gasteiger charge is -2.19. The maximum atomic E-state index is 6.32. The number of allylic oxidation sites excluding steroid dienone is 1. The molecule has 1 aromatic heterocycles. The highest BCUT2D eigenvalue weighted by atomic mass is 35.5. The smallest absolute Gasteiger partial charge is 0.0681 e. The van der Waals surface area contributed by atoms with Crippen molar-refractivity contribution in [3.8, 4) is 0 Å². The molecule has 1 aliphatic carbocycles. The minimum atomic E-state index is 0.660. The lowest BCUT2D eigenvalue weighted by Crippen LogP contribution is -2.14. The molecule has 2 aromatic rings. The van der Waals surface area contributed by atoms with E-state index in [1.54, 1.807) is 6.07 Å². The van der Waals surface area contributed by atoms with Gasteiger partial charge in [0.1, 0.15) is 0 Å². The molecular weight excluding hydrogens is 329 g/mol. The van der Waals surface area contributed by atoms with Crippen LogP contribution in [0.5, 0.6) is 0 Å². The van der Waals surface area contributed by atoms with E-state index < -0.39 is 0 Å². The first kappa shape index (κ1) is 16.6. The van der Waals surface area contributed by atoms with Gasteiger partial charge in [-0.25, -0.2) is 0 Å². The van der Waals surface area contributed by atoms with Gasteiger partial charge in [0.15, 0.2) is 0 Å². The first-order valence-corrected chi connectivity index (χ1v) is 8.63. The summed E-state index contributed by atoms with van der Waals surface area (Å²) in [5.74, 6) is 0. The molecule has 0 N–H and O–H groups in total. The molecule has 0 radical (unpaired) electrons. The predicted octanol–water partition coefficient (Wildman–Crippen LogP) is 4.52. The Morgan fingerprint density at radius 2 is 2.09 bits per heavy atom. The van der Waals surface area contributed by atoms with E-state index >= 15 is 0 Å². The highest BCUT2D eigenvalue weighted by molar-refractivity contribution is 6.35. The number of aromatic nitrogens is 2. The Morgan fingerprint density at radius 3 is 2.83 bits per heavy atom. The van der Waals surface area contributed by atoms with Crippen LogP contribution in [0.3, 0.4) is 0 Å². The average Bonchev–Trinajstić information content (AvgIpc) is 2.91. The SMILES string of the molecule is CN(C)C/C=C1\CCCc2cnn(Cc3ccc(Cl)cc3Cl)c21. The Bertz CT molecular complexity index is 732. The van der Waals surface area contributed by atoms with Gasteiger partial charge >= 0.3 is 0 Å². The van der Waals surface area contributed by atoms with Crippen LogP contribution in [-0.2, 0) is 13.0 Å². The summed E-state index contributed by atoms with van der Waals surface area (Å²) < 4.78 is 2.07. The van der Waals surface area contributed by atoms with Gasteiger partial charge in [-0.3, -0.25) is 4.68 Å². The van der Waals surface area contributed by atoms with Crippen LogP contribution in [0.2, 0.25) is 10.0 Å². The van der Waals surface area contributed by atoms with Crippen molar-refractivity contribution in [1.82, 2.24) is 14.7 Å². The van der Waals surface area contributed by atoms with E-state index in [2.05, 4.69) is 34.9 Å². The summed E-state index contributed by atoms with van der Waals surface area (Å²) in [4.78, 5) is 2.18. The molecule has 0 unspecified atom stereocenters. The Hall–Kier alpha value is -1.29. The predicted molar refractivity (Wildman–Crippen MR) is 97.3 cm³/mol. The van der Waals surface area contributed by atoms with Crippen LogP contribution in [0.15, 0.2) is 30.5 Å². The number of halogens is 2. The van der Waals surface area contributed by atoms with Crippen LogP contribution in [0.25, 0.3) is 5.57 Å². The Kier molecular flexibility index (Phi) is 5.10. The first-order chi connectivity index (χ1) is 11.0. The van der Waals surface area contributed by atoms with Gasteiger partial charge in [-0.1, -0.05) is 35.3 Å². The standard InChI is InChI=1S/C18H21Cl2N3/c1-22(2)9-8-13-4-3-5-14-11-21-23(18(13)14)12-15-6-7-16(19)10-17(15)20/h6-8,10-11H,3-5,9,12H2,1-2H3/b13-8+. The summed E-state index contributed by atoms with van der Waals surface area (Å²) in [5, 5.41) is 5.96. The summed E-state index contributed by atoms with van der Waals surface area (Å²) in [6.45, 7) is 1.62. The van der Waals surface area contributed by atoms with Gasteiger partial charge in [0.05, 0.1) is 18.4 Å². The molecule has 0 fully saturated rings. The molecule has 0 saturated heterocycles. The maximum absolute atomic E-state index is 6.32. The van der Waals surface area contributed by atoms with Crippen molar-refractivity contribution >= 4 is 28.8 Å². The van der Waals surface area contributed by atoms with Crippen molar-refractivity contribution < 1.29 is 0 Å². The van der Waals surface area contributed by atoms with Gasteiger partial charge in [0.2, 0.25) is 0 Å².